The third-order valence-electron chi connectivity index (χ3n) is 4.36. The second-order valence-electron chi connectivity index (χ2n) is 9.85. The van der Waals surface area contributed by atoms with Gasteiger partial charge in [-0.05, 0) is 80.5 Å². The van der Waals surface area contributed by atoms with E-state index in [4.69, 9.17) is 16.3 Å². The van der Waals surface area contributed by atoms with Crippen molar-refractivity contribution < 1.29 is 14.3 Å². The van der Waals surface area contributed by atoms with Gasteiger partial charge in [-0.1, -0.05) is 38.4 Å². The van der Waals surface area contributed by atoms with Crippen molar-refractivity contribution in [2.24, 2.45) is 5.41 Å². The SMILES string of the molecule is Cc1cc(NC(=O)[C@@H](CC(C)(C)C)NC(=O)OC(C)(C)C)ccc1-c1ccnc(Cl)c1. The minimum Gasteiger partial charge on any atom is -0.444 e. The summed E-state index contributed by atoms with van der Waals surface area (Å²) in [5, 5.41) is 6.05. The Morgan fingerprint density at radius 1 is 1.10 bits per heavy atom. The molecule has 0 fully saturated rings. The fourth-order valence-electron chi connectivity index (χ4n) is 3.14. The summed E-state index contributed by atoms with van der Waals surface area (Å²) in [4.78, 5) is 29.3. The highest BCUT2D eigenvalue weighted by atomic mass is 35.5. The molecular weight excluding hydrogens is 414 g/mol. The molecule has 2 rings (SSSR count). The van der Waals surface area contributed by atoms with Gasteiger partial charge in [0.1, 0.15) is 16.8 Å². The number of anilines is 1. The summed E-state index contributed by atoms with van der Waals surface area (Å²) >= 11 is 6.00. The van der Waals surface area contributed by atoms with Crippen LogP contribution >= 0.6 is 11.6 Å². The maximum atomic E-state index is 13.0. The molecule has 0 aliphatic carbocycles. The summed E-state index contributed by atoms with van der Waals surface area (Å²) in [7, 11) is 0. The van der Waals surface area contributed by atoms with Gasteiger partial charge in [0.05, 0.1) is 0 Å². The number of aryl methyl sites for hydroxylation is 1. The predicted molar refractivity (Wildman–Crippen MR) is 125 cm³/mol. The summed E-state index contributed by atoms with van der Waals surface area (Å²) in [6.07, 6.45) is 1.51. The van der Waals surface area contributed by atoms with Crippen LogP contribution in [-0.4, -0.2) is 28.6 Å². The Bertz CT molecular complexity index is 946. The van der Waals surface area contributed by atoms with E-state index in [2.05, 4.69) is 15.6 Å². The number of pyridine rings is 1. The molecule has 0 saturated carbocycles. The van der Waals surface area contributed by atoms with Crippen molar-refractivity contribution in [3.8, 4) is 11.1 Å². The summed E-state index contributed by atoms with van der Waals surface area (Å²) in [6, 6.07) is 8.60. The van der Waals surface area contributed by atoms with Crippen LogP contribution < -0.4 is 10.6 Å². The van der Waals surface area contributed by atoms with Crippen LogP contribution in [-0.2, 0) is 9.53 Å². The molecule has 0 radical (unpaired) electrons. The minimum atomic E-state index is -0.728. The molecule has 7 heteroatoms. The predicted octanol–water partition coefficient (Wildman–Crippen LogP) is 5.98. The number of ether oxygens (including phenoxy) is 1. The molecule has 6 nitrogen and oxygen atoms in total. The van der Waals surface area contributed by atoms with Crippen molar-refractivity contribution in [3.63, 3.8) is 0 Å². The fraction of sp³-hybridized carbons (Fsp3) is 0.458. The van der Waals surface area contributed by atoms with Gasteiger partial charge in [-0.25, -0.2) is 9.78 Å². The molecule has 31 heavy (non-hydrogen) atoms. The first-order chi connectivity index (χ1) is 14.2. The Labute approximate surface area is 189 Å². The summed E-state index contributed by atoms with van der Waals surface area (Å²) in [5.41, 5.74) is 2.77. The van der Waals surface area contributed by atoms with Crippen LogP contribution in [0.4, 0.5) is 10.5 Å². The molecule has 0 aliphatic rings. The number of nitrogens with zero attached hydrogens (tertiary/aromatic N) is 1. The van der Waals surface area contributed by atoms with E-state index in [1.54, 1.807) is 33.0 Å². The van der Waals surface area contributed by atoms with E-state index >= 15 is 0 Å². The zero-order valence-electron chi connectivity index (χ0n) is 19.3. The average Bonchev–Trinajstić information content (AvgIpc) is 2.58. The number of hydrogen-bond donors (Lipinski definition) is 2. The van der Waals surface area contributed by atoms with E-state index in [0.29, 0.717) is 17.3 Å². The molecule has 0 spiro atoms. The first kappa shape index (κ1) is 24.7. The van der Waals surface area contributed by atoms with Gasteiger partial charge in [-0.3, -0.25) is 4.79 Å². The molecule has 1 aromatic heterocycles. The smallest absolute Gasteiger partial charge is 0.408 e. The first-order valence-electron chi connectivity index (χ1n) is 10.3. The first-order valence-corrected chi connectivity index (χ1v) is 10.6. The van der Waals surface area contributed by atoms with Crippen molar-refractivity contribution in [3.05, 3.63) is 47.2 Å². The third-order valence-corrected chi connectivity index (χ3v) is 4.56. The zero-order chi connectivity index (χ0) is 23.4. The van der Waals surface area contributed by atoms with E-state index < -0.39 is 17.7 Å². The van der Waals surface area contributed by atoms with Crippen molar-refractivity contribution in [2.45, 2.75) is 66.5 Å². The molecular formula is C24H32ClN3O3. The largest absolute Gasteiger partial charge is 0.444 e. The van der Waals surface area contributed by atoms with Crippen LogP contribution in [0.25, 0.3) is 11.1 Å². The molecule has 1 aromatic carbocycles. The Morgan fingerprint density at radius 3 is 2.32 bits per heavy atom. The number of rotatable bonds is 5. The Morgan fingerprint density at radius 2 is 1.77 bits per heavy atom. The molecule has 0 saturated heterocycles. The lowest BCUT2D eigenvalue weighted by atomic mass is 9.87. The van der Waals surface area contributed by atoms with E-state index in [-0.39, 0.29) is 11.3 Å². The minimum absolute atomic E-state index is 0.169. The number of hydrogen-bond acceptors (Lipinski definition) is 4. The molecule has 0 unspecified atom stereocenters. The van der Waals surface area contributed by atoms with Crippen molar-refractivity contribution in [1.29, 1.82) is 0 Å². The fourth-order valence-corrected chi connectivity index (χ4v) is 3.31. The monoisotopic (exact) mass is 445 g/mol. The highest BCUT2D eigenvalue weighted by Crippen LogP contribution is 2.28. The normalized spacial score (nSPS) is 12.8. The van der Waals surface area contributed by atoms with Crippen LogP contribution in [0.5, 0.6) is 0 Å². The molecule has 168 valence electrons. The maximum absolute atomic E-state index is 13.0. The third kappa shape index (κ3) is 8.21. The molecule has 1 heterocycles. The van der Waals surface area contributed by atoms with Crippen LogP contribution in [0.15, 0.2) is 36.5 Å². The molecule has 1 atom stereocenters. The summed E-state index contributed by atoms with van der Waals surface area (Å²) in [6.45, 7) is 13.4. The van der Waals surface area contributed by atoms with Gasteiger partial charge in [0.25, 0.3) is 0 Å². The molecule has 2 aromatic rings. The van der Waals surface area contributed by atoms with E-state index in [0.717, 1.165) is 16.7 Å². The van der Waals surface area contributed by atoms with E-state index in [1.807, 2.05) is 52.0 Å². The number of amides is 2. The van der Waals surface area contributed by atoms with Crippen LogP contribution in [0.1, 0.15) is 53.5 Å². The van der Waals surface area contributed by atoms with Crippen LogP contribution in [0.3, 0.4) is 0 Å². The second kappa shape index (κ2) is 9.69. The van der Waals surface area contributed by atoms with Gasteiger partial charge in [0, 0.05) is 11.9 Å². The van der Waals surface area contributed by atoms with Gasteiger partial charge in [-0.2, -0.15) is 0 Å². The van der Waals surface area contributed by atoms with Gasteiger partial charge < -0.3 is 15.4 Å². The maximum Gasteiger partial charge on any atom is 0.408 e. The number of benzene rings is 1. The van der Waals surface area contributed by atoms with Crippen LogP contribution in [0.2, 0.25) is 5.15 Å². The highest BCUT2D eigenvalue weighted by Gasteiger charge is 2.28. The topological polar surface area (TPSA) is 80.3 Å². The highest BCUT2D eigenvalue weighted by molar-refractivity contribution is 6.29. The van der Waals surface area contributed by atoms with Gasteiger partial charge >= 0.3 is 6.09 Å². The van der Waals surface area contributed by atoms with Crippen molar-refractivity contribution >= 4 is 29.3 Å². The van der Waals surface area contributed by atoms with Crippen molar-refractivity contribution in [1.82, 2.24) is 10.3 Å². The zero-order valence-corrected chi connectivity index (χ0v) is 20.1. The number of nitrogens with one attached hydrogen (secondary N) is 2. The Balaban J connectivity index is 2.18. The summed E-state index contributed by atoms with van der Waals surface area (Å²) in [5.74, 6) is -0.292. The van der Waals surface area contributed by atoms with E-state index in [1.165, 1.54) is 0 Å². The second-order valence-corrected chi connectivity index (χ2v) is 10.2. The molecule has 0 aliphatic heterocycles. The van der Waals surface area contributed by atoms with Crippen LogP contribution in [0, 0.1) is 12.3 Å². The van der Waals surface area contributed by atoms with Crippen molar-refractivity contribution in [2.75, 3.05) is 5.32 Å². The van der Waals surface area contributed by atoms with Gasteiger partial charge in [-0.15, -0.1) is 0 Å². The number of aromatic nitrogens is 1. The molecule has 0 bridgehead atoms. The summed E-state index contributed by atoms with van der Waals surface area (Å²) < 4.78 is 5.33. The van der Waals surface area contributed by atoms with Gasteiger partial charge in [0.15, 0.2) is 0 Å². The standard InChI is InChI=1S/C24H32ClN3O3/c1-15-12-17(8-9-18(15)16-10-11-26-20(25)13-16)27-21(29)19(14-23(2,3)4)28-22(30)31-24(5,6)7/h8-13,19H,14H2,1-7H3,(H,27,29)(H,28,30)/t19-/m1/s1. The Hall–Kier alpha value is -2.60. The van der Waals surface area contributed by atoms with Gasteiger partial charge in [0.2, 0.25) is 5.91 Å². The number of carbonyl (C=O) groups excluding carboxylic acids is 2. The average molecular weight is 446 g/mol. The lowest BCUT2D eigenvalue weighted by molar-refractivity contribution is -0.118. The number of carbonyl (C=O) groups is 2. The lowest BCUT2D eigenvalue weighted by Gasteiger charge is -2.27. The van der Waals surface area contributed by atoms with E-state index in [9.17, 15) is 9.59 Å². The quantitative estimate of drug-likeness (QED) is 0.555. The lowest BCUT2D eigenvalue weighted by Crippen LogP contribution is -2.47. The molecule has 2 N–H and O–H groups in total. The molecule has 2 amide bonds. The Kier molecular flexibility index (Phi) is 7.71. The number of alkyl carbamates (subject to hydrolysis) is 1. The number of halogens is 1.